The molecule has 0 amide bonds. The van der Waals surface area contributed by atoms with Crippen LogP contribution in [0.2, 0.25) is 0 Å². The Morgan fingerprint density at radius 3 is 2.62 bits per heavy atom. The standard InChI is InChI=1S/C21H34N4O3.HI/c1-5-7-18-14-17(15-19(26-3)20(18)27-4)16-24-21(22-6-2)23-8-9-25-10-12-28-13-11-25;/h5,14-15H,1,6-13,16H2,2-4H3,(H2,22,23,24);1H. The number of methoxy groups -OCH3 is 2. The quantitative estimate of drug-likeness (QED) is 0.215. The molecule has 1 fully saturated rings. The number of allylic oxidation sites excluding steroid dienone is 1. The summed E-state index contributed by atoms with van der Waals surface area (Å²) in [6.07, 6.45) is 2.58. The zero-order valence-electron chi connectivity index (χ0n) is 17.8. The number of guanidine groups is 1. The minimum Gasteiger partial charge on any atom is -0.493 e. The largest absolute Gasteiger partial charge is 0.493 e. The summed E-state index contributed by atoms with van der Waals surface area (Å²) in [7, 11) is 3.31. The van der Waals surface area contributed by atoms with Gasteiger partial charge in [-0.1, -0.05) is 6.08 Å². The molecule has 1 aromatic carbocycles. The molecule has 0 atom stereocenters. The van der Waals surface area contributed by atoms with E-state index in [1.54, 1.807) is 14.2 Å². The van der Waals surface area contributed by atoms with Gasteiger partial charge in [0, 0.05) is 38.3 Å². The Kier molecular flexibility index (Phi) is 12.7. The number of rotatable bonds is 10. The molecule has 0 aromatic heterocycles. The maximum absolute atomic E-state index is 5.50. The first-order chi connectivity index (χ1) is 13.7. The molecule has 2 rings (SSSR count). The van der Waals surface area contributed by atoms with Gasteiger partial charge in [0.2, 0.25) is 0 Å². The van der Waals surface area contributed by atoms with Crippen molar-refractivity contribution in [3.8, 4) is 11.5 Å². The van der Waals surface area contributed by atoms with Gasteiger partial charge in [0.15, 0.2) is 17.5 Å². The number of hydrogen-bond donors (Lipinski definition) is 2. The summed E-state index contributed by atoms with van der Waals surface area (Å²) >= 11 is 0. The van der Waals surface area contributed by atoms with Crippen LogP contribution in [0.1, 0.15) is 18.1 Å². The Hall–Kier alpha value is -1.52. The van der Waals surface area contributed by atoms with E-state index < -0.39 is 0 Å². The molecule has 0 aliphatic carbocycles. The third-order valence-corrected chi connectivity index (χ3v) is 4.57. The van der Waals surface area contributed by atoms with Crippen molar-refractivity contribution in [2.75, 3.05) is 60.2 Å². The van der Waals surface area contributed by atoms with Gasteiger partial charge in [0.05, 0.1) is 34.0 Å². The van der Waals surface area contributed by atoms with E-state index in [4.69, 9.17) is 19.2 Å². The van der Waals surface area contributed by atoms with Crippen molar-refractivity contribution in [3.63, 3.8) is 0 Å². The lowest BCUT2D eigenvalue weighted by molar-refractivity contribution is 0.0389. The Balaban J connectivity index is 0.00000420. The van der Waals surface area contributed by atoms with Crippen LogP contribution in [-0.4, -0.2) is 71.0 Å². The zero-order valence-corrected chi connectivity index (χ0v) is 20.2. The summed E-state index contributed by atoms with van der Waals surface area (Å²) < 4.78 is 16.4. The molecule has 0 unspecified atom stereocenters. The van der Waals surface area contributed by atoms with E-state index in [1.165, 1.54) is 0 Å². The molecule has 164 valence electrons. The van der Waals surface area contributed by atoms with Gasteiger partial charge in [0.25, 0.3) is 0 Å². The Morgan fingerprint density at radius 1 is 1.24 bits per heavy atom. The zero-order chi connectivity index (χ0) is 20.2. The van der Waals surface area contributed by atoms with Gasteiger partial charge in [-0.3, -0.25) is 4.90 Å². The van der Waals surface area contributed by atoms with Crippen LogP contribution in [-0.2, 0) is 17.7 Å². The third-order valence-electron chi connectivity index (χ3n) is 4.57. The number of nitrogens with zero attached hydrogens (tertiary/aromatic N) is 2. The first kappa shape index (κ1) is 25.5. The van der Waals surface area contributed by atoms with Gasteiger partial charge in [-0.15, -0.1) is 30.6 Å². The van der Waals surface area contributed by atoms with E-state index in [2.05, 4.69) is 35.1 Å². The topological polar surface area (TPSA) is 67.4 Å². The third kappa shape index (κ3) is 8.39. The first-order valence-electron chi connectivity index (χ1n) is 9.88. The second kappa shape index (κ2) is 14.5. The van der Waals surface area contributed by atoms with Crippen LogP contribution in [0.3, 0.4) is 0 Å². The molecule has 0 spiro atoms. The molecule has 0 radical (unpaired) electrons. The van der Waals surface area contributed by atoms with Crippen LogP contribution in [0.5, 0.6) is 11.5 Å². The van der Waals surface area contributed by atoms with Crippen LogP contribution < -0.4 is 20.1 Å². The molecule has 1 aliphatic rings. The lowest BCUT2D eigenvalue weighted by atomic mass is 10.1. The fourth-order valence-electron chi connectivity index (χ4n) is 3.17. The van der Waals surface area contributed by atoms with E-state index in [0.29, 0.717) is 6.54 Å². The molecule has 0 bridgehead atoms. The predicted octanol–water partition coefficient (Wildman–Crippen LogP) is 2.44. The lowest BCUT2D eigenvalue weighted by Gasteiger charge is -2.26. The van der Waals surface area contributed by atoms with Gasteiger partial charge in [-0.05, 0) is 31.0 Å². The molecule has 1 heterocycles. The van der Waals surface area contributed by atoms with Crippen LogP contribution in [0, 0.1) is 0 Å². The number of aliphatic imine (C=N–C) groups is 1. The highest BCUT2D eigenvalue weighted by Gasteiger charge is 2.12. The van der Waals surface area contributed by atoms with E-state index >= 15 is 0 Å². The summed E-state index contributed by atoms with van der Waals surface area (Å²) in [5.41, 5.74) is 2.12. The lowest BCUT2D eigenvalue weighted by Crippen LogP contribution is -2.44. The van der Waals surface area contributed by atoms with Crippen molar-refractivity contribution < 1.29 is 14.2 Å². The second-order valence-corrected chi connectivity index (χ2v) is 6.56. The number of hydrogen-bond acceptors (Lipinski definition) is 5. The van der Waals surface area contributed by atoms with Crippen molar-refractivity contribution >= 4 is 29.9 Å². The normalized spacial score (nSPS) is 14.7. The number of nitrogens with one attached hydrogen (secondary N) is 2. The maximum Gasteiger partial charge on any atom is 0.191 e. The number of benzene rings is 1. The number of morpholine rings is 1. The molecule has 8 heteroatoms. The summed E-state index contributed by atoms with van der Waals surface area (Å²) in [4.78, 5) is 7.13. The van der Waals surface area contributed by atoms with Gasteiger partial charge >= 0.3 is 0 Å². The van der Waals surface area contributed by atoms with Crippen LogP contribution in [0.4, 0.5) is 0 Å². The predicted molar refractivity (Wildman–Crippen MR) is 129 cm³/mol. The van der Waals surface area contributed by atoms with E-state index in [9.17, 15) is 0 Å². The van der Waals surface area contributed by atoms with Crippen molar-refractivity contribution in [1.82, 2.24) is 15.5 Å². The molecule has 2 N–H and O–H groups in total. The number of halogens is 1. The Labute approximate surface area is 191 Å². The summed E-state index contributed by atoms with van der Waals surface area (Å²) in [5.74, 6) is 2.29. The highest BCUT2D eigenvalue weighted by atomic mass is 127. The highest BCUT2D eigenvalue weighted by Crippen LogP contribution is 2.33. The SMILES string of the molecule is C=CCc1cc(CN=C(NCC)NCCN2CCOCC2)cc(OC)c1OC.I. The summed E-state index contributed by atoms with van der Waals surface area (Å²) in [6, 6.07) is 4.08. The minimum absolute atomic E-state index is 0. The Bertz CT molecular complexity index is 649. The Morgan fingerprint density at radius 2 is 2.00 bits per heavy atom. The van der Waals surface area contributed by atoms with Gasteiger partial charge in [-0.2, -0.15) is 0 Å². The highest BCUT2D eigenvalue weighted by molar-refractivity contribution is 14.0. The van der Waals surface area contributed by atoms with E-state index in [-0.39, 0.29) is 24.0 Å². The second-order valence-electron chi connectivity index (χ2n) is 6.56. The fraction of sp³-hybridized carbons (Fsp3) is 0.571. The van der Waals surface area contributed by atoms with E-state index in [1.807, 2.05) is 12.1 Å². The fourth-order valence-corrected chi connectivity index (χ4v) is 3.17. The average molecular weight is 518 g/mol. The van der Waals surface area contributed by atoms with Crippen molar-refractivity contribution in [3.05, 3.63) is 35.9 Å². The first-order valence-corrected chi connectivity index (χ1v) is 9.88. The molecule has 1 aromatic rings. The molecule has 29 heavy (non-hydrogen) atoms. The monoisotopic (exact) mass is 518 g/mol. The molecule has 1 saturated heterocycles. The van der Waals surface area contributed by atoms with E-state index in [0.717, 1.165) is 80.9 Å². The molecular formula is C21H35IN4O3. The van der Waals surface area contributed by atoms with Crippen molar-refractivity contribution in [2.24, 2.45) is 4.99 Å². The molecule has 7 nitrogen and oxygen atoms in total. The summed E-state index contributed by atoms with van der Waals surface area (Å²) in [5, 5.41) is 6.72. The average Bonchev–Trinajstić information content (AvgIpc) is 2.72. The summed E-state index contributed by atoms with van der Waals surface area (Å²) in [6.45, 7) is 12.7. The van der Waals surface area contributed by atoms with Gasteiger partial charge in [0.1, 0.15) is 0 Å². The van der Waals surface area contributed by atoms with Crippen LogP contribution >= 0.6 is 24.0 Å². The number of ether oxygens (including phenoxy) is 3. The van der Waals surface area contributed by atoms with Crippen LogP contribution in [0.25, 0.3) is 0 Å². The van der Waals surface area contributed by atoms with Crippen LogP contribution in [0.15, 0.2) is 29.8 Å². The van der Waals surface area contributed by atoms with Gasteiger partial charge < -0.3 is 24.8 Å². The smallest absolute Gasteiger partial charge is 0.191 e. The minimum atomic E-state index is 0. The molecular weight excluding hydrogens is 483 g/mol. The molecule has 1 aliphatic heterocycles. The van der Waals surface area contributed by atoms with Gasteiger partial charge in [-0.25, -0.2) is 4.99 Å². The maximum atomic E-state index is 5.50. The molecule has 0 saturated carbocycles. The van der Waals surface area contributed by atoms with Crippen molar-refractivity contribution in [2.45, 2.75) is 19.9 Å². The van der Waals surface area contributed by atoms with Crippen molar-refractivity contribution in [1.29, 1.82) is 0 Å².